The highest BCUT2D eigenvalue weighted by molar-refractivity contribution is 5.71. The van der Waals surface area contributed by atoms with Gasteiger partial charge >= 0.3 is 17.9 Å². The predicted molar refractivity (Wildman–Crippen MR) is 284 cm³/mol. The van der Waals surface area contributed by atoms with Crippen LogP contribution in [0.15, 0.2) is 0 Å². The van der Waals surface area contributed by atoms with Crippen LogP contribution in [-0.2, 0) is 28.6 Å². The first-order valence-electron chi connectivity index (χ1n) is 29.6. The molecule has 0 aromatic heterocycles. The molecule has 0 unspecified atom stereocenters. The minimum absolute atomic E-state index is 0.0633. The van der Waals surface area contributed by atoms with E-state index in [-0.39, 0.29) is 31.1 Å². The quantitative estimate of drug-likeness (QED) is 0.0343. The molecule has 0 amide bonds. The third-order valence-electron chi connectivity index (χ3n) is 13.6. The normalized spacial score (nSPS) is 12.1. The molecule has 0 saturated heterocycles. The zero-order chi connectivity index (χ0) is 48.4. The third-order valence-corrected chi connectivity index (χ3v) is 13.6. The van der Waals surface area contributed by atoms with Crippen LogP contribution in [0.25, 0.3) is 0 Å². The van der Waals surface area contributed by atoms with E-state index in [2.05, 4.69) is 41.5 Å². The Morgan fingerprint density at radius 1 is 0.258 bits per heavy atom. The molecule has 0 heterocycles. The van der Waals surface area contributed by atoms with Crippen molar-refractivity contribution in [3.05, 3.63) is 0 Å². The molecule has 0 radical (unpaired) electrons. The molecule has 0 spiro atoms. The van der Waals surface area contributed by atoms with Crippen LogP contribution in [0.5, 0.6) is 0 Å². The van der Waals surface area contributed by atoms with Crippen molar-refractivity contribution in [1.82, 2.24) is 0 Å². The summed E-state index contributed by atoms with van der Waals surface area (Å²) in [6.45, 7) is 13.8. The summed E-state index contributed by atoms with van der Waals surface area (Å²) in [6, 6.07) is 0. The Hall–Kier alpha value is -1.59. The van der Waals surface area contributed by atoms with Crippen LogP contribution in [0.1, 0.15) is 330 Å². The highest BCUT2D eigenvalue weighted by Crippen LogP contribution is 2.19. The summed E-state index contributed by atoms with van der Waals surface area (Å²) >= 11 is 0. The number of esters is 3. The molecule has 6 heteroatoms. The van der Waals surface area contributed by atoms with E-state index in [1.54, 1.807) is 0 Å². The maximum Gasteiger partial charge on any atom is 0.306 e. The number of hydrogen-bond acceptors (Lipinski definition) is 6. The second-order valence-corrected chi connectivity index (χ2v) is 22.1. The minimum Gasteiger partial charge on any atom is -0.462 e. The van der Waals surface area contributed by atoms with E-state index >= 15 is 0 Å². The van der Waals surface area contributed by atoms with Crippen LogP contribution in [0.4, 0.5) is 0 Å². The monoisotopic (exact) mass is 933 g/mol. The summed E-state index contributed by atoms with van der Waals surface area (Å²) in [7, 11) is 0. The van der Waals surface area contributed by atoms with Gasteiger partial charge in [0.15, 0.2) is 6.10 Å². The van der Waals surface area contributed by atoms with Gasteiger partial charge in [0.1, 0.15) is 13.2 Å². The first kappa shape index (κ1) is 64.4. The lowest BCUT2D eigenvalue weighted by molar-refractivity contribution is -0.167. The fraction of sp³-hybridized carbons (Fsp3) is 0.950. The molecule has 0 aromatic rings. The number of hydrogen-bond donors (Lipinski definition) is 0. The number of unbranched alkanes of at least 4 members (excludes halogenated alkanes) is 36. The van der Waals surface area contributed by atoms with Gasteiger partial charge in [-0.05, 0) is 37.0 Å². The van der Waals surface area contributed by atoms with E-state index in [0.717, 1.165) is 75.5 Å². The van der Waals surface area contributed by atoms with Gasteiger partial charge in [-0.3, -0.25) is 14.4 Å². The molecule has 1 atom stereocenters. The summed E-state index contributed by atoms with van der Waals surface area (Å²) in [5, 5.41) is 0. The lowest BCUT2D eigenvalue weighted by Gasteiger charge is -2.18. The second kappa shape index (κ2) is 51.3. The summed E-state index contributed by atoms with van der Waals surface area (Å²) < 4.78 is 16.9. The van der Waals surface area contributed by atoms with Crippen LogP contribution in [-0.4, -0.2) is 37.2 Å². The molecule has 66 heavy (non-hydrogen) atoms. The molecule has 0 aliphatic heterocycles. The molecule has 6 nitrogen and oxygen atoms in total. The fourth-order valence-electron chi connectivity index (χ4n) is 9.18. The van der Waals surface area contributed by atoms with Gasteiger partial charge in [0.05, 0.1) is 0 Å². The van der Waals surface area contributed by atoms with Crippen molar-refractivity contribution in [3.8, 4) is 0 Å². The van der Waals surface area contributed by atoms with Gasteiger partial charge in [-0.1, -0.05) is 292 Å². The Morgan fingerprint density at radius 2 is 0.439 bits per heavy atom. The highest BCUT2D eigenvalue weighted by Gasteiger charge is 2.19. The zero-order valence-electron chi connectivity index (χ0n) is 45.5. The number of carbonyl (C=O) groups excluding carboxylic acids is 3. The molecule has 0 bridgehead atoms. The van der Waals surface area contributed by atoms with E-state index in [1.165, 1.54) is 212 Å². The van der Waals surface area contributed by atoms with E-state index < -0.39 is 6.10 Å². The molecular weight excluding hydrogens is 817 g/mol. The van der Waals surface area contributed by atoms with Crippen LogP contribution in [0, 0.1) is 17.8 Å². The standard InChI is InChI=1S/C60H116O6/c1-54(2)46-40-34-28-22-16-12-8-7-9-15-19-27-33-39-45-51-60(63)66-57(53-65-59(62)50-44-38-32-26-21-20-24-30-36-42-48-56(5)6)52-64-58(61)49-43-37-31-25-18-14-11-10-13-17-23-29-35-41-47-55(3)4/h54-57H,7-53H2,1-6H3/t57-/m1/s1. The highest BCUT2D eigenvalue weighted by atomic mass is 16.6. The van der Waals surface area contributed by atoms with Crippen molar-refractivity contribution >= 4 is 17.9 Å². The number of rotatable bonds is 53. The first-order valence-corrected chi connectivity index (χ1v) is 29.6. The van der Waals surface area contributed by atoms with Crippen LogP contribution < -0.4 is 0 Å². The molecule has 0 aromatic carbocycles. The zero-order valence-corrected chi connectivity index (χ0v) is 45.5. The lowest BCUT2D eigenvalue weighted by Crippen LogP contribution is -2.30. The largest absolute Gasteiger partial charge is 0.462 e. The van der Waals surface area contributed by atoms with Gasteiger partial charge in [-0.2, -0.15) is 0 Å². The van der Waals surface area contributed by atoms with Gasteiger partial charge < -0.3 is 14.2 Å². The fourth-order valence-corrected chi connectivity index (χ4v) is 9.18. The van der Waals surface area contributed by atoms with Crippen LogP contribution >= 0.6 is 0 Å². The topological polar surface area (TPSA) is 78.9 Å². The first-order chi connectivity index (χ1) is 32.1. The van der Waals surface area contributed by atoms with Crippen molar-refractivity contribution in [2.24, 2.45) is 17.8 Å². The SMILES string of the molecule is CC(C)CCCCCCCCCCCCCCCCCC(=O)O[C@H](COC(=O)CCCCCCCCCCCCCCCCC(C)C)COC(=O)CCCCCCCCCCCCC(C)C. The van der Waals surface area contributed by atoms with Crippen LogP contribution in [0.3, 0.4) is 0 Å². The number of ether oxygens (including phenoxy) is 3. The maximum absolute atomic E-state index is 12.9. The Balaban J connectivity index is 4.29. The van der Waals surface area contributed by atoms with Gasteiger partial charge in [0, 0.05) is 19.3 Å². The molecule has 0 aliphatic rings. The van der Waals surface area contributed by atoms with Gasteiger partial charge in [0.2, 0.25) is 0 Å². The Morgan fingerprint density at radius 3 is 0.652 bits per heavy atom. The van der Waals surface area contributed by atoms with Gasteiger partial charge in [-0.25, -0.2) is 0 Å². The maximum atomic E-state index is 12.9. The Bertz CT molecular complexity index is 1020. The van der Waals surface area contributed by atoms with Gasteiger partial charge in [0.25, 0.3) is 0 Å². The summed E-state index contributed by atoms with van der Waals surface area (Å²) in [5.41, 5.74) is 0. The van der Waals surface area contributed by atoms with E-state index in [4.69, 9.17) is 14.2 Å². The molecular formula is C60H116O6. The second-order valence-electron chi connectivity index (χ2n) is 22.1. The number of carbonyl (C=O) groups is 3. The van der Waals surface area contributed by atoms with Crippen molar-refractivity contribution in [2.45, 2.75) is 337 Å². The van der Waals surface area contributed by atoms with E-state index in [0.29, 0.717) is 19.3 Å². The predicted octanol–water partition coefficient (Wildman–Crippen LogP) is 19.5. The van der Waals surface area contributed by atoms with Crippen LogP contribution in [0.2, 0.25) is 0 Å². The van der Waals surface area contributed by atoms with Gasteiger partial charge in [-0.15, -0.1) is 0 Å². The van der Waals surface area contributed by atoms with Crippen molar-refractivity contribution < 1.29 is 28.6 Å². The lowest BCUT2D eigenvalue weighted by atomic mass is 10.0. The average molecular weight is 934 g/mol. The summed E-state index contributed by atoms with van der Waals surface area (Å²) in [5.74, 6) is 1.67. The molecule has 0 saturated carbocycles. The Labute approximate surface area is 412 Å². The molecule has 0 fully saturated rings. The summed E-state index contributed by atoms with van der Waals surface area (Å²) in [4.78, 5) is 38.2. The smallest absolute Gasteiger partial charge is 0.306 e. The van der Waals surface area contributed by atoms with Crippen molar-refractivity contribution in [2.75, 3.05) is 13.2 Å². The van der Waals surface area contributed by atoms with E-state index in [9.17, 15) is 14.4 Å². The summed E-state index contributed by atoms with van der Waals surface area (Å²) in [6.07, 6.45) is 53.8. The molecule has 392 valence electrons. The molecule has 0 rings (SSSR count). The van der Waals surface area contributed by atoms with Crippen molar-refractivity contribution in [3.63, 3.8) is 0 Å². The van der Waals surface area contributed by atoms with Crippen molar-refractivity contribution in [1.29, 1.82) is 0 Å². The third kappa shape index (κ3) is 53.4. The average Bonchev–Trinajstić information content (AvgIpc) is 3.28. The molecule has 0 aliphatic carbocycles. The minimum atomic E-state index is -0.764. The van der Waals surface area contributed by atoms with E-state index in [1.807, 2.05) is 0 Å². The molecule has 0 N–H and O–H groups in total. The Kier molecular flexibility index (Phi) is 50.0.